The van der Waals surface area contributed by atoms with E-state index in [9.17, 15) is 9.59 Å². The van der Waals surface area contributed by atoms with E-state index in [4.69, 9.17) is 13.8 Å². The standard InChI is InChI=1S/C29H26NO5P/c31-28(36(34-25-17-9-3-10-18-25)35-26-19-11-4-12-20-26)27(21-23-13-5-1-6-14-23)30-29(32)33-22-24-15-7-2-8-16-24/h1-20,27H,21-22H2,(H,30,32)/t27-/m1/s1. The van der Waals surface area contributed by atoms with Gasteiger partial charge in [0.25, 0.3) is 5.52 Å². The molecule has 0 aliphatic rings. The molecule has 0 unspecified atom stereocenters. The molecule has 4 rings (SSSR count). The molecule has 7 heteroatoms. The van der Waals surface area contributed by atoms with Crippen LogP contribution in [-0.2, 0) is 22.6 Å². The maximum Gasteiger partial charge on any atom is 0.408 e. The van der Waals surface area contributed by atoms with Crippen LogP contribution in [0.4, 0.5) is 4.79 Å². The predicted octanol–water partition coefficient (Wildman–Crippen LogP) is 6.52. The van der Waals surface area contributed by atoms with Gasteiger partial charge in [0.1, 0.15) is 24.1 Å². The summed E-state index contributed by atoms with van der Waals surface area (Å²) in [5, 5.41) is 2.73. The Bertz CT molecular complexity index is 1180. The smallest absolute Gasteiger partial charge is 0.408 e. The largest absolute Gasteiger partial charge is 0.445 e. The zero-order valence-corrected chi connectivity index (χ0v) is 20.4. The molecule has 0 saturated carbocycles. The molecule has 4 aromatic carbocycles. The van der Waals surface area contributed by atoms with Gasteiger partial charge in [-0.25, -0.2) is 4.79 Å². The summed E-state index contributed by atoms with van der Waals surface area (Å²) in [4.78, 5) is 26.5. The molecule has 1 amide bonds. The highest BCUT2D eigenvalue weighted by molar-refractivity contribution is 7.67. The maximum absolute atomic E-state index is 13.8. The Morgan fingerprint density at radius 2 is 1.08 bits per heavy atom. The van der Waals surface area contributed by atoms with Crippen molar-refractivity contribution in [1.29, 1.82) is 0 Å². The molecule has 182 valence electrons. The Morgan fingerprint density at radius 3 is 1.58 bits per heavy atom. The molecule has 1 N–H and O–H groups in total. The monoisotopic (exact) mass is 499 g/mol. The first-order valence-electron chi connectivity index (χ1n) is 11.5. The van der Waals surface area contributed by atoms with E-state index in [-0.39, 0.29) is 18.6 Å². The molecule has 36 heavy (non-hydrogen) atoms. The van der Waals surface area contributed by atoms with E-state index in [1.807, 2.05) is 97.1 Å². The molecule has 0 saturated heterocycles. The number of ether oxygens (including phenoxy) is 1. The third kappa shape index (κ3) is 7.69. The number of alkyl carbamates (subject to hydrolysis) is 1. The quantitative estimate of drug-likeness (QED) is 0.238. The van der Waals surface area contributed by atoms with Crippen molar-refractivity contribution in [3.8, 4) is 11.5 Å². The van der Waals surface area contributed by atoms with E-state index in [2.05, 4.69) is 5.32 Å². The van der Waals surface area contributed by atoms with Crippen LogP contribution in [0.1, 0.15) is 11.1 Å². The minimum absolute atomic E-state index is 0.0920. The fourth-order valence-corrected chi connectivity index (χ4v) is 4.60. The Balaban J connectivity index is 1.54. The molecular weight excluding hydrogens is 473 g/mol. The van der Waals surface area contributed by atoms with Crippen LogP contribution in [0.5, 0.6) is 11.5 Å². The van der Waals surface area contributed by atoms with E-state index in [1.54, 1.807) is 24.3 Å². The lowest BCUT2D eigenvalue weighted by Gasteiger charge is -2.23. The highest BCUT2D eigenvalue weighted by Crippen LogP contribution is 2.42. The zero-order chi connectivity index (χ0) is 25.0. The van der Waals surface area contributed by atoms with Crippen molar-refractivity contribution in [1.82, 2.24) is 5.32 Å². The van der Waals surface area contributed by atoms with Gasteiger partial charge in [-0.05, 0) is 35.4 Å². The van der Waals surface area contributed by atoms with Crippen molar-refractivity contribution < 1.29 is 23.4 Å². The number of benzene rings is 4. The van der Waals surface area contributed by atoms with Crippen molar-refractivity contribution in [2.24, 2.45) is 0 Å². The number of hydrogen-bond acceptors (Lipinski definition) is 5. The van der Waals surface area contributed by atoms with Gasteiger partial charge in [0.2, 0.25) is 0 Å². The second kappa shape index (κ2) is 13.1. The minimum atomic E-state index is -2.10. The molecule has 0 aliphatic carbocycles. The predicted molar refractivity (Wildman–Crippen MR) is 140 cm³/mol. The summed E-state index contributed by atoms with van der Waals surface area (Å²) < 4.78 is 17.4. The van der Waals surface area contributed by atoms with Crippen molar-refractivity contribution in [3.63, 3.8) is 0 Å². The molecule has 4 aromatic rings. The Morgan fingerprint density at radius 1 is 0.639 bits per heavy atom. The van der Waals surface area contributed by atoms with Gasteiger partial charge in [-0.3, -0.25) is 4.79 Å². The lowest BCUT2D eigenvalue weighted by Crippen LogP contribution is -2.42. The molecule has 0 spiro atoms. The average Bonchev–Trinajstić information content (AvgIpc) is 2.93. The number of para-hydroxylation sites is 2. The molecule has 0 heterocycles. The average molecular weight is 500 g/mol. The van der Waals surface area contributed by atoms with Crippen molar-refractivity contribution >= 4 is 20.0 Å². The van der Waals surface area contributed by atoms with Crippen molar-refractivity contribution in [2.75, 3.05) is 0 Å². The van der Waals surface area contributed by atoms with Gasteiger partial charge in [0, 0.05) is 6.42 Å². The van der Waals surface area contributed by atoms with Gasteiger partial charge in [0.05, 0.1) is 0 Å². The van der Waals surface area contributed by atoms with Crippen LogP contribution < -0.4 is 14.4 Å². The lowest BCUT2D eigenvalue weighted by atomic mass is 10.1. The number of carbonyl (C=O) groups is 2. The molecule has 6 nitrogen and oxygen atoms in total. The van der Waals surface area contributed by atoms with Crippen molar-refractivity contribution in [2.45, 2.75) is 19.1 Å². The minimum Gasteiger partial charge on any atom is -0.445 e. The van der Waals surface area contributed by atoms with E-state index < -0.39 is 20.5 Å². The van der Waals surface area contributed by atoms with Gasteiger partial charge in [0.15, 0.2) is 0 Å². The molecule has 0 fully saturated rings. The van der Waals surface area contributed by atoms with Crippen LogP contribution in [0.2, 0.25) is 0 Å². The van der Waals surface area contributed by atoms with Crippen LogP contribution in [0.3, 0.4) is 0 Å². The summed E-state index contributed by atoms with van der Waals surface area (Å²) in [5.74, 6) is 0.996. The number of nitrogens with one attached hydrogen (secondary N) is 1. The van der Waals surface area contributed by atoms with Crippen LogP contribution in [0, 0.1) is 0 Å². The Labute approximate surface area is 211 Å². The van der Waals surface area contributed by atoms with E-state index >= 15 is 0 Å². The number of carbonyl (C=O) groups excluding carboxylic acids is 2. The molecule has 0 bridgehead atoms. The fraction of sp³-hybridized carbons (Fsp3) is 0.103. The number of hydrogen-bond donors (Lipinski definition) is 1. The van der Waals surface area contributed by atoms with Crippen molar-refractivity contribution in [3.05, 3.63) is 132 Å². The van der Waals surface area contributed by atoms with Crippen LogP contribution in [0.25, 0.3) is 0 Å². The van der Waals surface area contributed by atoms with E-state index in [0.717, 1.165) is 11.1 Å². The SMILES string of the molecule is O=C(N[C@H](Cc1ccccc1)C(=O)P(Oc1ccccc1)Oc1ccccc1)OCc1ccccc1. The second-order valence-corrected chi connectivity index (χ2v) is 9.17. The van der Waals surface area contributed by atoms with Gasteiger partial charge in [-0.15, -0.1) is 0 Å². The van der Waals surface area contributed by atoms with E-state index in [0.29, 0.717) is 11.5 Å². The molecule has 0 aliphatic heterocycles. The molecule has 0 radical (unpaired) electrons. The molecule has 1 atom stereocenters. The summed E-state index contributed by atoms with van der Waals surface area (Å²) in [5.41, 5.74) is 1.35. The second-order valence-electron chi connectivity index (χ2n) is 7.85. The molecular formula is C29H26NO5P. The first kappa shape index (κ1) is 25.0. The Kier molecular flexibility index (Phi) is 9.07. The van der Waals surface area contributed by atoms with Crippen LogP contribution in [0.15, 0.2) is 121 Å². The van der Waals surface area contributed by atoms with Crippen LogP contribution >= 0.6 is 8.38 Å². The third-order valence-electron chi connectivity index (χ3n) is 5.13. The first-order chi connectivity index (χ1) is 17.7. The summed E-state index contributed by atoms with van der Waals surface area (Å²) in [6, 6.07) is 35.9. The van der Waals surface area contributed by atoms with E-state index in [1.165, 1.54) is 0 Å². The maximum atomic E-state index is 13.8. The number of amides is 1. The molecule has 0 aromatic heterocycles. The highest BCUT2D eigenvalue weighted by Gasteiger charge is 2.34. The summed E-state index contributed by atoms with van der Waals surface area (Å²) >= 11 is 0. The Hall–Kier alpha value is -4.15. The number of rotatable bonds is 11. The summed E-state index contributed by atoms with van der Waals surface area (Å²) in [6.45, 7) is 0.0920. The fourth-order valence-electron chi connectivity index (χ4n) is 3.35. The van der Waals surface area contributed by atoms with Gasteiger partial charge in [-0.1, -0.05) is 97.1 Å². The van der Waals surface area contributed by atoms with Gasteiger partial charge < -0.3 is 19.1 Å². The van der Waals surface area contributed by atoms with Gasteiger partial charge in [-0.2, -0.15) is 0 Å². The van der Waals surface area contributed by atoms with Gasteiger partial charge >= 0.3 is 14.5 Å². The first-order valence-corrected chi connectivity index (χ1v) is 12.7. The lowest BCUT2D eigenvalue weighted by molar-refractivity contribution is -0.114. The highest BCUT2D eigenvalue weighted by atomic mass is 31.2. The third-order valence-corrected chi connectivity index (χ3v) is 6.55. The summed E-state index contributed by atoms with van der Waals surface area (Å²) in [7, 11) is -2.10. The van der Waals surface area contributed by atoms with Crippen LogP contribution in [-0.4, -0.2) is 17.7 Å². The summed E-state index contributed by atoms with van der Waals surface area (Å²) in [6.07, 6.45) is -0.433. The topological polar surface area (TPSA) is 73.9 Å². The normalized spacial score (nSPS) is 11.4. The zero-order valence-electron chi connectivity index (χ0n) is 19.5.